The van der Waals surface area contributed by atoms with Crippen LogP contribution in [0.15, 0.2) is 59.5 Å². The van der Waals surface area contributed by atoms with Crippen LogP contribution in [0.5, 0.6) is 0 Å². The number of carbonyl (C=O) groups excluding carboxylic acids is 1. The van der Waals surface area contributed by atoms with Gasteiger partial charge in [0.1, 0.15) is 0 Å². The first-order valence-corrected chi connectivity index (χ1v) is 12.9. The molecule has 0 saturated carbocycles. The smallest absolute Gasteiger partial charge is 0.319 e. The van der Waals surface area contributed by atoms with Crippen molar-refractivity contribution in [3.8, 4) is 0 Å². The van der Waals surface area contributed by atoms with Crippen molar-refractivity contribution in [1.82, 2.24) is 15.1 Å². The summed E-state index contributed by atoms with van der Waals surface area (Å²) in [4.78, 5) is 16.3. The van der Waals surface area contributed by atoms with Gasteiger partial charge in [-0.2, -0.15) is 8.42 Å². The third kappa shape index (κ3) is 7.55. The number of hydrogen-bond donors (Lipinski definition) is 2. The highest BCUT2D eigenvalue weighted by Crippen LogP contribution is 2.34. The Bertz CT molecular complexity index is 968. The van der Waals surface area contributed by atoms with Gasteiger partial charge in [0.05, 0.1) is 4.90 Å². The van der Waals surface area contributed by atoms with Gasteiger partial charge in [0.15, 0.2) is 0 Å². The van der Waals surface area contributed by atoms with Crippen LogP contribution in [0.3, 0.4) is 0 Å². The van der Waals surface area contributed by atoms with Gasteiger partial charge in [-0.15, -0.1) is 0 Å². The van der Waals surface area contributed by atoms with Crippen molar-refractivity contribution in [2.75, 3.05) is 39.8 Å². The second-order valence-corrected chi connectivity index (χ2v) is 9.92. The highest BCUT2D eigenvalue weighted by atomic mass is 32.2. The Kier molecular flexibility index (Phi) is 9.88. The number of carbonyl (C=O) groups is 1. The molecule has 1 aliphatic heterocycles. The highest BCUT2D eigenvalue weighted by molar-refractivity contribution is 7.85. The lowest BCUT2D eigenvalue weighted by molar-refractivity contribution is 0.147. The van der Waals surface area contributed by atoms with Crippen molar-refractivity contribution in [1.29, 1.82) is 0 Å². The molecule has 0 radical (unpaired) electrons. The highest BCUT2D eigenvalue weighted by Gasteiger charge is 2.36. The minimum absolute atomic E-state index is 0.0666. The molecule has 2 amide bonds. The van der Waals surface area contributed by atoms with E-state index in [1.807, 2.05) is 37.6 Å². The first-order chi connectivity index (χ1) is 15.6. The number of amides is 2. The fourth-order valence-electron chi connectivity index (χ4n) is 4.20. The first kappa shape index (κ1) is 26.8. The molecule has 0 spiro atoms. The SMILES string of the molecule is CCN(CC)C(=O)N(C)CC1(c2ccccc2)CCNCC1.Cc1ccc(S(=O)(=O)O)cc1. The van der Waals surface area contributed by atoms with E-state index in [0.29, 0.717) is 0 Å². The standard InChI is InChI=1S/C18H29N3O.C7H8O3S/c1-4-21(5-2)17(22)20(3)15-18(11-13-19-14-12-18)16-9-7-6-8-10-16;1-6-2-4-7(5-3-6)11(8,9)10/h6-10,19H,4-5,11-15H2,1-3H3;2-5H,1H3,(H,8,9,10). The largest absolute Gasteiger partial charge is 0.327 e. The third-order valence-corrected chi connectivity index (χ3v) is 7.03. The number of aryl methyl sites for hydroxylation is 1. The number of rotatable bonds is 6. The average Bonchev–Trinajstić information content (AvgIpc) is 2.81. The van der Waals surface area contributed by atoms with Crippen LogP contribution in [0.2, 0.25) is 0 Å². The van der Waals surface area contributed by atoms with Gasteiger partial charge in [-0.25, -0.2) is 4.79 Å². The zero-order chi connectivity index (χ0) is 24.5. The topological polar surface area (TPSA) is 90.0 Å². The van der Waals surface area contributed by atoms with E-state index in [1.54, 1.807) is 12.1 Å². The first-order valence-electron chi connectivity index (χ1n) is 11.4. The van der Waals surface area contributed by atoms with Crippen molar-refractivity contribution >= 4 is 16.1 Å². The van der Waals surface area contributed by atoms with E-state index in [0.717, 1.165) is 51.1 Å². The van der Waals surface area contributed by atoms with E-state index in [1.165, 1.54) is 17.7 Å². The molecule has 0 aromatic heterocycles. The molecule has 8 heteroatoms. The van der Waals surface area contributed by atoms with Crippen molar-refractivity contribution in [3.63, 3.8) is 0 Å². The van der Waals surface area contributed by atoms with Crippen LogP contribution in [0.25, 0.3) is 0 Å². The summed E-state index contributed by atoms with van der Waals surface area (Å²) in [6.07, 6.45) is 2.15. The summed E-state index contributed by atoms with van der Waals surface area (Å²) in [5.74, 6) is 0. The lowest BCUT2D eigenvalue weighted by atomic mass is 9.73. The molecule has 1 heterocycles. The van der Waals surface area contributed by atoms with Crippen molar-refractivity contribution in [3.05, 3.63) is 65.7 Å². The molecule has 7 nitrogen and oxygen atoms in total. The Hall–Kier alpha value is -2.42. The molecule has 1 fully saturated rings. The second-order valence-electron chi connectivity index (χ2n) is 8.50. The molecular weight excluding hydrogens is 438 g/mol. The summed E-state index contributed by atoms with van der Waals surface area (Å²) in [5, 5.41) is 3.44. The van der Waals surface area contributed by atoms with Gasteiger partial charge in [-0.3, -0.25) is 4.55 Å². The maximum Gasteiger partial charge on any atom is 0.319 e. The summed E-state index contributed by atoms with van der Waals surface area (Å²) < 4.78 is 29.6. The zero-order valence-corrected chi connectivity index (χ0v) is 20.9. The van der Waals surface area contributed by atoms with E-state index in [4.69, 9.17) is 4.55 Å². The van der Waals surface area contributed by atoms with Crippen LogP contribution in [0.1, 0.15) is 37.8 Å². The van der Waals surface area contributed by atoms with Crippen LogP contribution < -0.4 is 5.32 Å². The number of nitrogens with one attached hydrogen (secondary N) is 1. The maximum absolute atomic E-state index is 12.6. The van der Waals surface area contributed by atoms with Crippen LogP contribution in [-0.2, 0) is 15.5 Å². The van der Waals surface area contributed by atoms with E-state index < -0.39 is 10.1 Å². The predicted molar refractivity (Wildman–Crippen MR) is 132 cm³/mol. The summed E-state index contributed by atoms with van der Waals surface area (Å²) >= 11 is 0. The Morgan fingerprint density at radius 3 is 2.03 bits per heavy atom. The molecule has 0 bridgehead atoms. The van der Waals surface area contributed by atoms with E-state index >= 15 is 0 Å². The zero-order valence-electron chi connectivity index (χ0n) is 20.1. The van der Waals surface area contributed by atoms with E-state index in [-0.39, 0.29) is 16.3 Å². The Balaban J connectivity index is 0.000000294. The third-order valence-electron chi connectivity index (χ3n) is 6.17. The number of piperidine rings is 1. The van der Waals surface area contributed by atoms with Gasteiger partial charge in [0, 0.05) is 32.1 Å². The lowest BCUT2D eigenvalue weighted by Gasteiger charge is -2.41. The number of urea groups is 1. The Morgan fingerprint density at radius 1 is 1.00 bits per heavy atom. The summed E-state index contributed by atoms with van der Waals surface area (Å²) in [7, 11) is -2.08. The fraction of sp³-hybridized carbons (Fsp3) is 0.480. The molecule has 2 N–H and O–H groups in total. The monoisotopic (exact) mass is 475 g/mol. The van der Waals surface area contributed by atoms with Crippen molar-refractivity contribution in [2.45, 2.75) is 43.9 Å². The molecule has 0 atom stereocenters. The summed E-state index contributed by atoms with van der Waals surface area (Å²) in [5.41, 5.74) is 2.39. The quantitative estimate of drug-likeness (QED) is 0.618. The van der Waals surface area contributed by atoms with Gasteiger partial charge in [-0.1, -0.05) is 48.0 Å². The molecule has 33 heavy (non-hydrogen) atoms. The molecule has 2 aromatic carbocycles. The van der Waals surface area contributed by atoms with Crippen LogP contribution in [0, 0.1) is 6.92 Å². The second kappa shape index (κ2) is 12.2. The van der Waals surface area contributed by atoms with E-state index in [2.05, 4.69) is 35.6 Å². The number of hydrogen-bond acceptors (Lipinski definition) is 4. The van der Waals surface area contributed by atoms with Gasteiger partial charge in [0.2, 0.25) is 0 Å². The molecule has 1 saturated heterocycles. The summed E-state index contributed by atoms with van der Waals surface area (Å²) in [6.45, 7) is 10.3. The molecule has 1 aliphatic rings. The van der Waals surface area contributed by atoms with Crippen LogP contribution >= 0.6 is 0 Å². The van der Waals surface area contributed by atoms with Gasteiger partial charge < -0.3 is 15.1 Å². The van der Waals surface area contributed by atoms with Gasteiger partial charge in [0.25, 0.3) is 10.1 Å². The summed E-state index contributed by atoms with van der Waals surface area (Å²) in [6, 6.07) is 16.8. The van der Waals surface area contributed by atoms with Crippen LogP contribution in [0.4, 0.5) is 4.79 Å². The molecule has 0 unspecified atom stereocenters. The number of benzene rings is 2. The maximum atomic E-state index is 12.6. The average molecular weight is 476 g/mol. The predicted octanol–water partition coefficient (Wildman–Crippen LogP) is 3.94. The minimum Gasteiger partial charge on any atom is -0.327 e. The van der Waals surface area contributed by atoms with Crippen molar-refractivity contribution in [2.24, 2.45) is 0 Å². The molecule has 182 valence electrons. The molecular formula is C25H37N3O4S. The van der Waals surface area contributed by atoms with Gasteiger partial charge >= 0.3 is 6.03 Å². The molecule has 3 rings (SSSR count). The van der Waals surface area contributed by atoms with Gasteiger partial charge in [-0.05, 0) is 64.4 Å². The van der Waals surface area contributed by atoms with Crippen molar-refractivity contribution < 1.29 is 17.8 Å². The minimum atomic E-state index is -4.02. The van der Waals surface area contributed by atoms with Crippen LogP contribution in [-0.4, -0.2) is 68.6 Å². The Labute approximate surface area is 198 Å². The molecule has 0 aliphatic carbocycles. The number of nitrogens with zero attached hydrogens (tertiary/aromatic N) is 2. The fourth-order valence-corrected chi connectivity index (χ4v) is 4.68. The lowest BCUT2D eigenvalue weighted by Crippen LogP contribution is -2.51. The molecule has 2 aromatic rings. The Morgan fingerprint density at radius 2 is 1.55 bits per heavy atom. The van der Waals surface area contributed by atoms with E-state index in [9.17, 15) is 13.2 Å². The number of likely N-dealkylation sites (N-methyl/N-ethyl adjacent to an activating group) is 1. The normalized spacial score (nSPS) is 15.2.